The molecular weight excluding hydrogens is 442 g/mol. The van der Waals surface area contributed by atoms with Crippen LogP contribution in [0.15, 0.2) is 46.0 Å². The number of hydrogen-bond acceptors (Lipinski definition) is 5. The summed E-state index contributed by atoms with van der Waals surface area (Å²) in [4.78, 5) is 0. The van der Waals surface area contributed by atoms with Gasteiger partial charge in [0.2, 0.25) is 0 Å². The molecule has 0 unspecified atom stereocenters. The van der Waals surface area contributed by atoms with E-state index in [1.165, 1.54) is 13.3 Å². The molecule has 0 spiro atoms. The lowest BCUT2D eigenvalue weighted by molar-refractivity contribution is 0.211. The smallest absolute Gasteiger partial charge is 0.184 e. The summed E-state index contributed by atoms with van der Waals surface area (Å²) in [6.07, 6.45) is 1.52. The van der Waals surface area contributed by atoms with Gasteiger partial charge in [0.25, 0.3) is 0 Å². The molecule has 3 N–H and O–H groups in total. The van der Waals surface area contributed by atoms with E-state index in [1.807, 2.05) is 24.3 Å². The Morgan fingerprint density at radius 3 is 2.62 bits per heavy atom. The van der Waals surface area contributed by atoms with Crippen LogP contribution in [0.4, 0.5) is 0 Å². The van der Waals surface area contributed by atoms with E-state index in [-0.39, 0.29) is 5.11 Å². The van der Waals surface area contributed by atoms with Gasteiger partial charge in [0, 0.05) is 4.47 Å². The van der Waals surface area contributed by atoms with Crippen molar-refractivity contribution in [2.24, 2.45) is 10.8 Å². The first-order chi connectivity index (χ1) is 12.5. The minimum atomic E-state index is 0.0741. The van der Waals surface area contributed by atoms with Gasteiger partial charge >= 0.3 is 0 Å². The van der Waals surface area contributed by atoms with Gasteiger partial charge in [0.15, 0.2) is 16.6 Å². The molecular formula is C17H17BrClN3O3S. The van der Waals surface area contributed by atoms with Crippen molar-refractivity contribution in [3.8, 4) is 17.2 Å². The van der Waals surface area contributed by atoms with E-state index in [4.69, 9.17) is 31.5 Å². The Morgan fingerprint density at radius 2 is 1.96 bits per heavy atom. The lowest BCUT2D eigenvalue weighted by Gasteiger charge is -2.13. The first kappa shape index (κ1) is 20.3. The van der Waals surface area contributed by atoms with Crippen LogP contribution in [0.2, 0.25) is 5.02 Å². The van der Waals surface area contributed by atoms with Crippen molar-refractivity contribution in [1.29, 1.82) is 0 Å². The highest BCUT2D eigenvalue weighted by Crippen LogP contribution is 2.36. The molecule has 26 heavy (non-hydrogen) atoms. The summed E-state index contributed by atoms with van der Waals surface area (Å²) in [6.45, 7) is 0.671. The predicted molar refractivity (Wildman–Crippen MR) is 111 cm³/mol. The summed E-state index contributed by atoms with van der Waals surface area (Å²) in [7, 11) is 1.53. The quantitative estimate of drug-likeness (QED) is 0.272. The second kappa shape index (κ2) is 10.2. The van der Waals surface area contributed by atoms with Gasteiger partial charge in [-0.3, -0.25) is 5.43 Å². The average molecular weight is 459 g/mol. The highest BCUT2D eigenvalue weighted by molar-refractivity contribution is 9.10. The summed E-state index contributed by atoms with van der Waals surface area (Å²) in [6, 6.07) is 11.0. The highest BCUT2D eigenvalue weighted by atomic mass is 79.9. The number of ether oxygens (including phenoxy) is 3. The van der Waals surface area contributed by atoms with Gasteiger partial charge < -0.3 is 19.9 Å². The summed E-state index contributed by atoms with van der Waals surface area (Å²) < 4.78 is 17.6. The molecule has 0 aliphatic heterocycles. The SMILES string of the molecule is COc1cc(/C=N\NC(N)=S)cc(Cl)c1OCCOc1ccc(Br)cc1. The molecule has 0 radical (unpaired) electrons. The van der Waals surface area contributed by atoms with Crippen LogP contribution in [0.25, 0.3) is 0 Å². The fourth-order valence-electron chi connectivity index (χ4n) is 1.96. The van der Waals surface area contributed by atoms with Gasteiger partial charge in [0.05, 0.1) is 18.3 Å². The predicted octanol–water partition coefficient (Wildman–Crippen LogP) is 3.74. The third-order valence-corrected chi connectivity index (χ3v) is 3.95. The van der Waals surface area contributed by atoms with E-state index in [2.05, 4.69) is 38.7 Å². The standard InChI is InChI=1S/C17H17BrClN3O3S/c1-23-15-9-11(10-21-22-17(20)26)8-14(19)16(15)25-7-6-24-13-4-2-12(18)3-5-13/h2-5,8-10H,6-7H2,1H3,(H3,20,22,26)/b21-10-. The minimum Gasteiger partial charge on any atom is -0.493 e. The molecule has 0 aliphatic rings. The maximum absolute atomic E-state index is 6.28. The number of benzene rings is 2. The number of thiocarbonyl (C=S) groups is 1. The number of nitrogens with zero attached hydrogens (tertiary/aromatic N) is 1. The van der Waals surface area contributed by atoms with Crippen LogP contribution in [0.1, 0.15) is 5.56 Å². The molecule has 0 amide bonds. The zero-order valence-electron chi connectivity index (χ0n) is 13.9. The monoisotopic (exact) mass is 457 g/mol. The van der Waals surface area contributed by atoms with E-state index in [0.29, 0.717) is 35.3 Å². The summed E-state index contributed by atoms with van der Waals surface area (Å²) in [5.74, 6) is 1.68. The Balaban J connectivity index is 1.96. The molecule has 6 nitrogen and oxygen atoms in total. The number of hydrazone groups is 1. The third-order valence-electron chi connectivity index (χ3n) is 3.05. The molecule has 0 aromatic heterocycles. The maximum Gasteiger partial charge on any atom is 0.184 e. The van der Waals surface area contributed by atoms with Crippen molar-refractivity contribution in [3.05, 3.63) is 51.5 Å². The highest BCUT2D eigenvalue weighted by Gasteiger charge is 2.11. The molecule has 138 valence electrons. The second-order valence-electron chi connectivity index (χ2n) is 4.92. The molecule has 0 atom stereocenters. The summed E-state index contributed by atoms with van der Waals surface area (Å²) in [5.41, 5.74) is 8.48. The zero-order chi connectivity index (χ0) is 18.9. The molecule has 0 saturated heterocycles. The second-order valence-corrected chi connectivity index (χ2v) is 6.68. The summed E-state index contributed by atoms with van der Waals surface area (Å²) in [5, 5.41) is 4.35. The number of methoxy groups -OCH3 is 1. The van der Waals surface area contributed by atoms with E-state index < -0.39 is 0 Å². The molecule has 0 bridgehead atoms. The van der Waals surface area contributed by atoms with Crippen LogP contribution in [0.5, 0.6) is 17.2 Å². The lowest BCUT2D eigenvalue weighted by Crippen LogP contribution is -2.23. The van der Waals surface area contributed by atoms with Crippen LogP contribution in [-0.4, -0.2) is 31.7 Å². The number of rotatable bonds is 8. The van der Waals surface area contributed by atoms with Gasteiger partial charge in [0.1, 0.15) is 19.0 Å². The normalized spacial score (nSPS) is 10.6. The fraction of sp³-hybridized carbons (Fsp3) is 0.176. The van der Waals surface area contributed by atoms with Gasteiger partial charge in [-0.05, 0) is 54.2 Å². The van der Waals surface area contributed by atoms with Crippen molar-refractivity contribution in [2.75, 3.05) is 20.3 Å². The largest absolute Gasteiger partial charge is 0.493 e. The average Bonchev–Trinajstić information content (AvgIpc) is 2.61. The van der Waals surface area contributed by atoms with Crippen LogP contribution in [0.3, 0.4) is 0 Å². The van der Waals surface area contributed by atoms with E-state index in [0.717, 1.165) is 10.2 Å². The Morgan fingerprint density at radius 1 is 1.27 bits per heavy atom. The number of nitrogens with one attached hydrogen (secondary N) is 1. The van der Waals surface area contributed by atoms with E-state index in [1.54, 1.807) is 12.1 Å². The minimum absolute atomic E-state index is 0.0741. The van der Waals surface area contributed by atoms with E-state index in [9.17, 15) is 0 Å². The molecule has 2 aromatic rings. The Kier molecular flexibility index (Phi) is 7.96. The van der Waals surface area contributed by atoms with Crippen molar-refractivity contribution in [2.45, 2.75) is 0 Å². The van der Waals surface area contributed by atoms with Crippen LogP contribution < -0.4 is 25.4 Å². The fourth-order valence-corrected chi connectivity index (χ4v) is 2.55. The maximum atomic E-state index is 6.28. The van der Waals surface area contributed by atoms with Crippen LogP contribution >= 0.6 is 39.7 Å². The number of hydrogen-bond donors (Lipinski definition) is 2. The topological polar surface area (TPSA) is 78.1 Å². The molecule has 9 heteroatoms. The van der Waals surface area contributed by atoms with E-state index >= 15 is 0 Å². The number of nitrogens with two attached hydrogens (primary N) is 1. The molecule has 0 aliphatic carbocycles. The molecule has 0 fully saturated rings. The number of halogens is 2. The Labute approximate surface area is 170 Å². The van der Waals surface area contributed by atoms with Crippen LogP contribution in [-0.2, 0) is 0 Å². The Hall–Kier alpha value is -2.03. The first-order valence-corrected chi connectivity index (χ1v) is 9.04. The van der Waals surface area contributed by atoms with Crippen molar-refractivity contribution < 1.29 is 14.2 Å². The van der Waals surface area contributed by atoms with Gasteiger partial charge in [-0.15, -0.1) is 0 Å². The van der Waals surface area contributed by atoms with Crippen LogP contribution in [0, 0.1) is 0 Å². The third kappa shape index (κ3) is 6.36. The molecule has 2 rings (SSSR count). The van der Waals surface area contributed by atoms with Crippen molar-refractivity contribution in [3.63, 3.8) is 0 Å². The lowest BCUT2D eigenvalue weighted by atomic mass is 10.2. The molecule has 2 aromatic carbocycles. The van der Waals surface area contributed by atoms with Crippen molar-refractivity contribution >= 4 is 51.1 Å². The van der Waals surface area contributed by atoms with Gasteiger partial charge in [-0.1, -0.05) is 27.5 Å². The van der Waals surface area contributed by atoms with Gasteiger partial charge in [-0.25, -0.2) is 0 Å². The van der Waals surface area contributed by atoms with Crippen molar-refractivity contribution in [1.82, 2.24) is 5.43 Å². The summed E-state index contributed by atoms with van der Waals surface area (Å²) >= 11 is 14.3. The Bertz CT molecular complexity index is 788. The molecule has 0 saturated carbocycles. The first-order valence-electron chi connectivity index (χ1n) is 7.47. The van der Waals surface area contributed by atoms with Gasteiger partial charge in [-0.2, -0.15) is 5.10 Å². The molecule has 0 heterocycles. The zero-order valence-corrected chi connectivity index (χ0v) is 17.0.